The first kappa shape index (κ1) is 14.3. The molecule has 7 heteroatoms. The van der Waals surface area contributed by atoms with Gasteiger partial charge in [0.2, 0.25) is 0 Å². The summed E-state index contributed by atoms with van der Waals surface area (Å²) in [5, 5.41) is 5.12. The summed E-state index contributed by atoms with van der Waals surface area (Å²) in [6, 6.07) is 7.77. The maximum atomic E-state index is 11.3. The number of ether oxygens (including phenoxy) is 1. The molecule has 0 amide bonds. The molecule has 19 heavy (non-hydrogen) atoms. The molecule has 6 nitrogen and oxygen atoms in total. The summed E-state index contributed by atoms with van der Waals surface area (Å²) in [5.41, 5.74) is 1.99. The van der Waals surface area contributed by atoms with Crippen LogP contribution in [-0.2, 0) is 21.5 Å². The van der Waals surface area contributed by atoms with Crippen LogP contribution < -0.4 is 10.0 Å². The van der Waals surface area contributed by atoms with Crippen LogP contribution in [0.25, 0.3) is 0 Å². The molecule has 0 saturated carbocycles. The zero-order chi connectivity index (χ0) is 13.9. The molecule has 1 heterocycles. The molecule has 0 atom stereocenters. The lowest BCUT2D eigenvalue weighted by Crippen LogP contribution is -2.38. The minimum Gasteiger partial charge on any atom is -0.378 e. The molecule has 0 bridgehead atoms. The molecule has 0 aliphatic carbocycles. The lowest BCUT2D eigenvalue weighted by atomic mass is 10.1. The van der Waals surface area contributed by atoms with Gasteiger partial charge in [-0.25, -0.2) is 5.14 Å². The Balaban J connectivity index is 2.21. The summed E-state index contributed by atoms with van der Waals surface area (Å²) >= 11 is 0. The van der Waals surface area contributed by atoms with E-state index in [2.05, 4.69) is 4.90 Å². The van der Waals surface area contributed by atoms with Crippen molar-refractivity contribution in [1.29, 1.82) is 0 Å². The number of morpholine rings is 1. The second-order valence-electron chi connectivity index (χ2n) is 4.53. The first-order valence-corrected chi connectivity index (χ1v) is 7.63. The van der Waals surface area contributed by atoms with Gasteiger partial charge in [0, 0.05) is 32.4 Å². The van der Waals surface area contributed by atoms with Crippen molar-refractivity contribution in [1.82, 2.24) is 4.31 Å². The van der Waals surface area contributed by atoms with Crippen molar-refractivity contribution in [2.45, 2.75) is 6.54 Å². The van der Waals surface area contributed by atoms with Crippen LogP contribution in [0.5, 0.6) is 0 Å². The molecule has 1 aliphatic heterocycles. The summed E-state index contributed by atoms with van der Waals surface area (Å²) in [5.74, 6) is 0. The van der Waals surface area contributed by atoms with Crippen LogP contribution in [0.4, 0.5) is 5.69 Å². The lowest BCUT2D eigenvalue weighted by molar-refractivity contribution is 0.122. The van der Waals surface area contributed by atoms with Crippen molar-refractivity contribution in [3.8, 4) is 0 Å². The van der Waals surface area contributed by atoms with E-state index < -0.39 is 10.2 Å². The minimum absolute atomic E-state index is 0.270. The average Bonchev–Trinajstić information content (AvgIpc) is 2.39. The Kier molecular flexibility index (Phi) is 4.41. The number of anilines is 1. The van der Waals surface area contributed by atoms with Crippen LogP contribution in [0.15, 0.2) is 24.3 Å². The van der Waals surface area contributed by atoms with E-state index >= 15 is 0 Å². The van der Waals surface area contributed by atoms with Crippen molar-refractivity contribution in [3.05, 3.63) is 29.8 Å². The van der Waals surface area contributed by atoms with Gasteiger partial charge < -0.3 is 9.64 Å². The topological polar surface area (TPSA) is 75.9 Å². The first-order chi connectivity index (χ1) is 8.98. The molecule has 0 spiro atoms. The minimum atomic E-state index is -3.66. The SMILES string of the molecule is CN(Cc1ccccc1N1CCOCC1)S(N)(=O)=O. The third-order valence-corrected chi connectivity index (χ3v) is 4.17. The molecule has 1 saturated heterocycles. The smallest absolute Gasteiger partial charge is 0.276 e. The largest absolute Gasteiger partial charge is 0.378 e. The summed E-state index contributed by atoms with van der Waals surface area (Å²) in [4.78, 5) is 2.20. The van der Waals surface area contributed by atoms with E-state index in [0.717, 1.165) is 28.6 Å². The zero-order valence-corrected chi connectivity index (χ0v) is 11.8. The third kappa shape index (κ3) is 3.66. The highest BCUT2D eigenvalue weighted by Gasteiger charge is 2.18. The van der Waals surface area contributed by atoms with E-state index in [1.54, 1.807) is 0 Å². The van der Waals surface area contributed by atoms with Crippen LogP contribution >= 0.6 is 0 Å². The highest BCUT2D eigenvalue weighted by atomic mass is 32.2. The number of nitrogens with zero attached hydrogens (tertiary/aromatic N) is 2. The van der Waals surface area contributed by atoms with Crippen molar-refractivity contribution < 1.29 is 13.2 Å². The number of hydrogen-bond donors (Lipinski definition) is 1. The summed E-state index contributed by atoms with van der Waals surface area (Å²) in [6.07, 6.45) is 0. The van der Waals surface area contributed by atoms with Crippen molar-refractivity contribution in [2.24, 2.45) is 5.14 Å². The molecule has 1 fully saturated rings. The van der Waals surface area contributed by atoms with Crippen molar-refractivity contribution >= 4 is 15.9 Å². The van der Waals surface area contributed by atoms with Gasteiger partial charge in [0.05, 0.1) is 13.2 Å². The van der Waals surface area contributed by atoms with Crippen molar-refractivity contribution in [2.75, 3.05) is 38.3 Å². The van der Waals surface area contributed by atoms with Gasteiger partial charge >= 0.3 is 0 Å². The van der Waals surface area contributed by atoms with Gasteiger partial charge in [0.25, 0.3) is 10.2 Å². The van der Waals surface area contributed by atoms with Gasteiger partial charge in [-0.2, -0.15) is 12.7 Å². The fourth-order valence-electron chi connectivity index (χ4n) is 2.09. The van der Waals surface area contributed by atoms with Gasteiger partial charge in [-0.05, 0) is 11.6 Å². The lowest BCUT2D eigenvalue weighted by Gasteiger charge is -2.31. The maximum absolute atomic E-state index is 11.3. The number of nitrogens with two attached hydrogens (primary N) is 1. The number of hydrogen-bond acceptors (Lipinski definition) is 4. The van der Waals surface area contributed by atoms with E-state index in [1.807, 2.05) is 24.3 Å². The Morgan fingerprint density at radius 3 is 2.58 bits per heavy atom. The van der Waals surface area contributed by atoms with E-state index in [1.165, 1.54) is 7.05 Å². The quantitative estimate of drug-likeness (QED) is 0.855. The van der Waals surface area contributed by atoms with Crippen LogP contribution in [0.2, 0.25) is 0 Å². The van der Waals surface area contributed by atoms with Gasteiger partial charge in [-0.15, -0.1) is 0 Å². The van der Waals surface area contributed by atoms with Crippen LogP contribution in [0.3, 0.4) is 0 Å². The highest BCUT2D eigenvalue weighted by molar-refractivity contribution is 7.86. The molecular formula is C12H19N3O3S. The summed E-state index contributed by atoms with van der Waals surface area (Å²) in [6.45, 7) is 3.29. The number of rotatable bonds is 4. The second kappa shape index (κ2) is 5.87. The monoisotopic (exact) mass is 285 g/mol. The zero-order valence-electron chi connectivity index (χ0n) is 10.9. The molecule has 1 aromatic rings. The fourth-order valence-corrected chi connectivity index (χ4v) is 2.41. The third-order valence-electron chi connectivity index (χ3n) is 3.17. The summed E-state index contributed by atoms with van der Waals surface area (Å²) < 4.78 is 29.1. The Morgan fingerprint density at radius 2 is 1.95 bits per heavy atom. The van der Waals surface area contributed by atoms with Crippen molar-refractivity contribution in [3.63, 3.8) is 0 Å². The maximum Gasteiger partial charge on any atom is 0.276 e. The highest BCUT2D eigenvalue weighted by Crippen LogP contribution is 2.22. The molecule has 0 radical (unpaired) electrons. The van der Waals surface area contributed by atoms with Gasteiger partial charge in [0.1, 0.15) is 0 Å². The molecular weight excluding hydrogens is 266 g/mol. The molecule has 1 aliphatic rings. The predicted octanol–water partition coefficient (Wildman–Crippen LogP) is 0.159. The molecule has 2 rings (SSSR count). The second-order valence-corrected chi connectivity index (χ2v) is 6.18. The number of benzene rings is 1. The van der Waals surface area contributed by atoms with Crippen LogP contribution in [0.1, 0.15) is 5.56 Å². The Labute approximate surface area is 113 Å². The predicted molar refractivity (Wildman–Crippen MR) is 74.0 cm³/mol. The average molecular weight is 285 g/mol. The van der Waals surface area contributed by atoms with E-state index in [9.17, 15) is 8.42 Å². The Hall–Kier alpha value is -1.15. The fraction of sp³-hybridized carbons (Fsp3) is 0.500. The molecule has 1 aromatic carbocycles. The normalized spacial score (nSPS) is 16.9. The van der Waals surface area contributed by atoms with E-state index in [0.29, 0.717) is 13.2 Å². The van der Waals surface area contributed by atoms with Gasteiger partial charge in [-0.3, -0.25) is 0 Å². The number of para-hydroxylation sites is 1. The Bertz CT molecular complexity index is 527. The molecule has 0 unspecified atom stereocenters. The standard InChI is InChI=1S/C12H19N3O3S/c1-14(19(13,16)17)10-11-4-2-3-5-12(11)15-6-8-18-9-7-15/h2-5H,6-10H2,1H3,(H2,13,16,17). The van der Waals surface area contributed by atoms with E-state index in [4.69, 9.17) is 9.88 Å². The van der Waals surface area contributed by atoms with Gasteiger partial charge in [-0.1, -0.05) is 18.2 Å². The van der Waals surface area contributed by atoms with Gasteiger partial charge in [0.15, 0.2) is 0 Å². The first-order valence-electron chi connectivity index (χ1n) is 6.13. The molecule has 106 valence electrons. The molecule has 2 N–H and O–H groups in total. The molecule has 0 aromatic heterocycles. The summed E-state index contributed by atoms with van der Waals surface area (Å²) in [7, 11) is -2.18. The van der Waals surface area contributed by atoms with Crippen LogP contribution in [-0.4, -0.2) is 46.1 Å². The van der Waals surface area contributed by atoms with E-state index in [-0.39, 0.29) is 6.54 Å². The Morgan fingerprint density at radius 1 is 1.32 bits per heavy atom. The van der Waals surface area contributed by atoms with Crippen LogP contribution in [0, 0.1) is 0 Å².